The molecule has 10 nitrogen and oxygen atoms in total. The molecule has 2 aliphatic rings. The van der Waals surface area contributed by atoms with Crippen LogP contribution in [0.1, 0.15) is 23.5 Å². The van der Waals surface area contributed by atoms with E-state index in [2.05, 4.69) is 0 Å². The number of hydrogen-bond acceptors (Lipinski definition) is 10. The zero-order chi connectivity index (χ0) is 27.3. The van der Waals surface area contributed by atoms with Crippen molar-refractivity contribution in [2.75, 3.05) is 34.5 Å². The number of phenols is 1. The SMILES string of the molecule is COc1ccc(-c2coc3c4c(cc(O)c3c2=O)OC(=O)C[C@H]4c2cc(OC)c3c(c2)OCCO3)cc1OC. The predicted octanol–water partition coefficient (Wildman–Crippen LogP) is 4.40. The maximum absolute atomic E-state index is 13.7. The van der Waals surface area contributed by atoms with Gasteiger partial charge in [0.05, 0.1) is 33.3 Å². The van der Waals surface area contributed by atoms with Crippen LogP contribution in [0, 0.1) is 0 Å². The summed E-state index contributed by atoms with van der Waals surface area (Å²) in [6, 6.07) is 9.83. The number of carbonyl (C=O) groups excluding carboxylic acids is 1. The fourth-order valence-corrected chi connectivity index (χ4v) is 5.11. The summed E-state index contributed by atoms with van der Waals surface area (Å²) in [4.78, 5) is 26.3. The number of benzene rings is 3. The topological polar surface area (TPSA) is 123 Å². The minimum atomic E-state index is -0.579. The summed E-state index contributed by atoms with van der Waals surface area (Å²) < 4.78 is 39.2. The highest BCUT2D eigenvalue weighted by Crippen LogP contribution is 2.49. The average Bonchev–Trinajstić information content (AvgIpc) is 2.95. The third-order valence-electron chi connectivity index (χ3n) is 6.92. The van der Waals surface area contributed by atoms with Gasteiger partial charge in [-0.05, 0) is 35.4 Å². The van der Waals surface area contributed by atoms with Crippen molar-refractivity contribution in [1.29, 1.82) is 0 Å². The van der Waals surface area contributed by atoms with Crippen molar-refractivity contribution < 1.29 is 42.7 Å². The Balaban J connectivity index is 1.55. The fraction of sp³-hybridized carbons (Fsp3) is 0.241. The molecule has 0 bridgehead atoms. The second-order valence-corrected chi connectivity index (χ2v) is 9.04. The molecule has 1 N–H and O–H groups in total. The summed E-state index contributed by atoms with van der Waals surface area (Å²) in [5.74, 6) is 1.01. The number of methoxy groups -OCH3 is 3. The largest absolute Gasteiger partial charge is 0.507 e. The van der Waals surface area contributed by atoms with E-state index in [1.165, 1.54) is 33.7 Å². The minimum absolute atomic E-state index is 0.0309. The molecular formula is C29H24O10. The molecule has 39 heavy (non-hydrogen) atoms. The first kappa shape index (κ1) is 24.5. The minimum Gasteiger partial charge on any atom is -0.507 e. The van der Waals surface area contributed by atoms with Crippen molar-refractivity contribution in [2.24, 2.45) is 0 Å². The van der Waals surface area contributed by atoms with Crippen LogP contribution < -0.4 is 33.8 Å². The first-order valence-electron chi connectivity index (χ1n) is 12.2. The van der Waals surface area contributed by atoms with Crippen LogP contribution in [0.4, 0.5) is 0 Å². The number of carbonyl (C=O) groups is 1. The van der Waals surface area contributed by atoms with E-state index in [0.29, 0.717) is 58.7 Å². The molecule has 1 atom stereocenters. The van der Waals surface area contributed by atoms with Gasteiger partial charge in [0.25, 0.3) is 0 Å². The molecule has 0 spiro atoms. The maximum atomic E-state index is 13.7. The highest BCUT2D eigenvalue weighted by atomic mass is 16.6. The number of phenolic OH excluding ortho intramolecular Hbond substituents is 1. The zero-order valence-electron chi connectivity index (χ0n) is 21.4. The monoisotopic (exact) mass is 532 g/mol. The van der Waals surface area contributed by atoms with E-state index in [9.17, 15) is 14.7 Å². The van der Waals surface area contributed by atoms with Gasteiger partial charge in [0.15, 0.2) is 23.0 Å². The Bertz CT molecular complexity index is 1670. The Morgan fingerprint density at radius 3 is 2.41 bits per heavy atom. The van der Waals surface area contributed by atoms with Crippen LogP contribution in [0.5, 0.6) is 40.2 Å². The van der Waals surface area contributed by atoms with Crippen LogP contribution in [0.15, 0.2) is 51.9 Å². The van der Waals surface area contributed by atoms with Crippen molar-refractivity contribution in [3.05, 3.63) is 64.0 Å². The van der Waals surface area contributed by atoms with Crippen LogP contribution in [0.3, 0.4) is 0 Å². The normalized spacial score (nSPS) is 15.9. The van der Waals surface area contributed by atoms with Gasteiger partial charge >= 0.3 is 5.97 Å². The van der Waals surface area contributed by atoms with Gasteiger partial charge in [-0.25, -0.2) is 0 Å². The molecule has 0 fully saturated rings. The standard InChI is InChI=1S/C29H24O10/c1-33-19-5-4-14(8-20(19)34-2)17-13-38-29-25-16(11-24(31)39-21(25)12-18(30)26(29)27(17)32)15-9-22(35-3)28-23(10-15)36-6-7-37-28/h4-5,8-10,12-13,16,30H,6-7,11H2,1-3H3/t16-/m0/s1. The lowest BCUT2D eigenvalue weighted by molar-refractivity contribution is -0.135. The van der Waals surface area contributed by atoms with E-state index in [1.807, 2.05) is 0 Å². The number of fused-ring (bicyclic) bond motifs is 4. The molecule has 2 aliphatic heterocycles. The highest BCUT2D eigenvalue weighted by Gasteiger charge is 2.35. The van der Waals surface area contributed by atoms with Gasteiger partial charge in [-0.2, -0.15) is 0 Å². The summed E-state index contributed by atoms with van der Waals surface area (Å²) >= 11 is 0. The first-order valence-corrected chi connectivity index (χ1v) is 12.2. The molecule has 0 saturated heterocycles. The Morgan fingerprint density at radius 1 is 0.872 bits per heavy atom. The summed E-state index contributed by atoms with van der Waals surface area (Å²) in [6.07, 6.45) is 1.29. The Morgan fingerprint density at radius 2 is 1.64 bits per heavy atom. The Labute approximate surface area is 222 Å². The van der Waals surface area contributed by atoms with Crippen molar-refractivity contribution in [1.82, 2.24) is 0 Å². The molecule has 0 aliphatic carbocycles. The summed E-state index contributed by atoms with van der Waals surface area (Å²) in [5, 5.41) is 10.9. The van der Waals surface area contributed by atoms with Crippen LogP contribution in [-0.4, -0.2) is 45.6 Å². The number of aromatic hydroxyl groups is 1. The molecule has 10 heteroatoms. The number of rotatable bonds is 5. The van der Waals surface area contributed by atoms with E-state index in [0.717, 1.165) is 0 Å². The van der Waals surface area contributed by atoms with Crippen molar-refractivity contribution in [2.45, 2.75) is 12.3 Å². The van der Waals surface area contributed by atoms with Gasteiger partial charge in [0, 0.05) is 17.5 Å². The molecule has 0 radical (unpaired) electrons. The number of hydrogen-bond donors (Lipinski definition) is 1. The summed E-state index contributed by atoms with van der Waals surface area (Å²) in [6.45, 7) is 0.756. The fourth-order valence-electron chi connectivity index (χ4n) is 5.11. The molecule has 1 aromatic heterocycles. The second kappa shape index (κ2) is 9.46. The molecule has 3 aromatic carbocycles. The molecule has 200 valence electrons. The predicted molar refractivity (Wildman–Crippen MR) is 139 cm³/mol. The van der Waals surface area contributed by atoms with Crippen LogP contribution in [0.2, 0.25) is 0 Å². The lowest BCUT2D eigenvalue weighted by Gasteiger charge is -2.28. The smallest absolute Gasteiger partial charge is 0.312 e. The molecular weight excluding hydrogens is 508 g/mol. The van der Waals surface area contributed by atoms with E-state index < -0.39 is 17.3 Å². The molecule has 4 aromatic rings. The van der Waals surface area contributed by atoms with Crippen molar-refractivity contribution in [3.8, 4) is 51.4 Å². The zero-order valence-corrected chi connectivity index (χ0v) is 21.4. The van der Waals surface area contributed by atoms with E-state index in [1.54, 1.807) is 30.3 Å². The van der Waals surface area contributed by atoms with Crippen molar-refractivity contribution >= 4 is 16.9 Å². The lowest BCUT2D eigenvalue weighted by Crippen LogP contribution is -2.23. The molecule has 0 unspecified atom stereocenters. The lowest BCUT2D eigenvalue weighted by atomic mass is 9.84. The van der Waals surface area contributed by atoms with Gasteiger partial charge in [-0.15, -0.1) is 0 Å². The Hall–Kier alpha value is -4.86. The van der Waals surface area contributed by atoms with E-state index in [-0.39, 0.29) is 34.5 Å². The van der Waals surface area contributed by atoms with Crippen LogP contribution >= 0.6 is 0 Å². The average molecular weight is 533 g/mol. The van der Waals surface area contributed by atoms with Gasteiger partial charge in [-0.1, -0.05) is 6.07 Å². The van der Waals surface area contributed by atoms with E-state index in [4.69, 9.17) is 32.8 Å². The molecule has 6 rings (SSSR count). The molecule has 0 saturated carbocycles. The van der Waals surface area contributed by atoms with Gasteiger partial charge in [-0.3, -0.25) is 9.59 Å². The quantitative estimate of drug-likeness (QED) is 0.292. The van der Waals surface area contributed by atoms with Crippen molar-refractivity contribution in [3.63, 3.8) is 0 Å². The molecule has 3 heterocycles. The van der Waals surface area contributed by atoms with Gasteiger partial charge in [0.2, 0.25) is 11.2 Å². The summed E-state index contributed by atoms with van der Waals surface area (Å²) in [7, 11) is 4.53. The number of esters is 1. The third kappa shape index (κ3) is 3.96. The van der Waals surface area contributed by atoms with E-state index >= 15 is 0 Å². The molecule has 0 amide bonds. The summed E-state index contributed by atoms with van der Waals surface area (Å²) in [5.41, 5.74) is 1.51. The van der Waals surface area contributed by atoms with Crippen LogP contribution in [-0.2, 0) is 4.79 Å². The van der Waals surface area contributed by atoms with Gasteiger partial charge < -0.3 is 37.9 Å². The second-order valence-electron chi connectivity index (χ2n) is 9.04. The highest BCUT2D eigenvalue weighted by molar-refractivity contribution is 5.94. The Kier molecular flexibility index (Phi) is 5.94. The number of ether oxygens (including phenoxy) is 6. The maximum Gasteiger partial charge on any atom is 0.312 e. The first-order chi connectivity index (χ1) is 18.9. The van der Waals surface area contributed by atoms with Crippen LogP contribution in [0.25, 0.3) is 22.1 Å². The third-order valence-corrected chi connectivity index (χ3v) is 6.92. The van der Waals surface area contributed by atoms with Gasteiger partial charge in [0.1, 0.15) is 41.9 Å².